The fourth-order valence-electron chi connectivity index (χ4n) is 2.24. The first kappa shape index (κ1) is 17.7. The molecule has 0 aliphatic carbocycles. The van der Waals surface area contributed by atoms with Gasteiger partial charge in [0.15, 0.2) is 0 Å². The zero-order valence-electron chi connectivity index (χ0n) is 13.6. The number of benzene rings is 1. The third-order valence-electron chi connectivity index (χ3n) is 4.37. The molecule has 0 bridgehead atoms. The summed E-state index contributed by atoms with van der Waals surface area (Å²) in [6.07, 6.45) is 1.95. The average molecular weight is 341 g/mol. The highest BCUT2D eigenvalue weighted by molar-refractivity contribution is 7.80. The van der Waals surface area contributed by atoms with Crippen molar-refractivity contribution in [2.45, 2.75) is 45.8 Å². The van der Waals surface area contributed by atoms with Crippen LogP contribution in [-0.2, 0) is 9.31 Å². The molecule has 0 spiro atoms. The van der Waals surface area contributed by atoms with Gasteiger partial charge in [-0.2, -0.15) is 12.6 Å². The first-order valence-corrected chi connectivity index (χ1v) is 8.24. The minimum Gasteiger partial charge on any atom is -0.506 e. The zero-order valence-corrected chi connectivity index (χ0v) is 15.3. The molecular formula is C16H22BClO3S. The number of rotatable bonds is 3. The van der Waals surface area contributed by atoms with Gasteiger partial charge in [0.25, 0.3) is 0 Å². The second-order valence-electron chi connectivity index (χ2n) is 6.63. The molecule has 0 atom stereocenters. The van der Waals surface area contributed by atoms with E-state index in [1.54, 1.807) is 6.07 Å². The van der Waals surface area contributed by atoms with Gasteiger partial charge in [-0.1, -0.05) is 17.7 Å². The van der Waals surface area contributed by atoms with E-state index in [-0.39, 0.29) is 17.0 Å². The molecule has 2 rings (SSSR count). The van der Waals surface area contributed by atoms with E-state index >= 15 is 0 Å². The molecule has 0 aromatic heterocycles. The Hall–Kier alpha value is -0.615. The molecule has 120 valence electrons. The zero-order chi connectivity index (χ0) is 16.7. The summed E-state index contributed by atoms with van der Waals surface area (Å²) in [7, 11) is -0.435. The Labute approximate surface area is 143 Å². The Balaban J connectivity index is 2.34. The number of phenols is 1. The van der Waals surface area contributed by atoms with E-state index < -0.39 is 7.12 Å². The molecule has 6 heteroatoms. The summed E-state index contributed by atoms with van der Waals surface area (Å²) >= 11 is 10.4. The second kappa shape index (κ2) is 6.12. The SMILES string of the molecule is Cc1cc(C=C(CS)B2OC(C)(C)C(C)(C)O2)cc(Cl)c1O. The summed E-state index contributed by atoms with van der Waals surface area (Å²) in [5.74, 6) is 0.621. The van der Waals surface area contributed by atoms with Crippen molar-refractivity contribution in [3.05, 3.63) is 33.8 Å². The van der Waals surface area contributed by atoms with Crippen molar-refractivity contribution in [3.8, 4) is 5.75 Å². The van der Waals surface area contributed by atoms with Crippen LogP contribution >= 0.6 is 24.2 Å². The molecule has 1 aromatic carbocycles. The van der Waals surface area contributed by atoms with Gasteiger partial charge in [-0.15, -0.1) is 0 Å². The van der Waals surface area contributed by atoms with Gasteiger partial charge >= 0.3 is 7.12 Å². The van der Waals surface area contributed by atoms with E-state index in [9.17, 15) is 5.11 Å². The van der Waals surface area contributed by atoms with E-state index in [4.69, 9.17) is 20.9 Å². The molecule has 22 heavy (non-hydrogen) atoms. The summed E-state index contributed by atoms with van der Waals surface area (Å²) in [6.45, 7) is 9.89. The van der Waals surface area contributed by atoms with E-state index in [1.165, 1.54) is 0 Å². The fourth-order valence-corrected chi connectivity index (χ4v) is 2.76. The first-order valence-electron chi connectivity index (χ1n) is 7.23. The van der Waals surface area contributed by atoms with Crippen LogP contribution in [0.25, 0.3) is 6.08 Å². The van der Waals surface area contributed by atoms with Crippen molar-refractivity contribution in [2.24, 2.45) is 0 Å². The van der Waals surface area contributed by atoms with Gasteiger partial charge < -0.3 is 14.4 Å². The Kier molecular flexibility index (Phi) is 4.93. The number of halogens is 1. The molecule has 0 radical (unpaired) electrons. The number of thiol groups is 1. The lowest BCUT2D eigenvalue weighted by molar-refractivity contribution is 0.00578. The van der Waals surface area contributed by atoms with Crippen LogP contribution in [0.2, 0.25) is 5.02 Å². The van der Waals surface area contributed by atoms with Crippen LogP contribution < -0.4 is 0 Å². The monoisotopic (exact) mass is 340 g/mol. The Morgan fingerprint density at radius 2 is 1.82 bits per heavy atom. The van der Waals surface area contributed by atoms with Crippen LogP contribution in [0.4, 0.5) is 0 Å². The molecule has 0 unspecified atom stereocenters. The maximum absolute atomic E-state index is 9.75. The molecular weight excluding hydrogens is 319 g/mol. The summed E-state index contributed by atoms with van der Waals surface area (Å²) < 4.78 is 12.1. The van der Waals surface area contributed by atoms with Gasteiger partial charge in [0.05, 0.1) is 16.2 Å². The smallest absolute Gasteiger partial charge is 0.491 e. The predicted octanol–water partition coefficient (Wildman–Crippen LogP) is 4.30. The van der Waals surface area contributed by atoms with Crippen LogP contribution in [0.1, 0.15) is 38.8 Å². The minimum absolute atomic E-state index is 0.113. The summed E-state index contributed by atoms with van der Waals surface area (Å²) in [4.78, 5) is 0. The molecule has 3 nitrogen and oxygen atoms in total. The maximum Gasteiger partial charge on any atom is 0.491 e. The first-order chi connectivity index (χ1) is 10.1. The lowest BCUT2D eigenvalue weighted by Gasteiger charge is -2.32. The van der Waals surface area contributed by atoms with Crippen LogP contribution in [0.3, 0.4) is 0 Å². The Bertz CT molecular complexity index is 574. The van der Waals surface area contributed by atoms with E-state index in [1.807, 2.05) is 46.8 Å². The Morgan fingerprint density at radius 1 is 1.27 bits per heavy atom. The van der Waals surface area contributed by atoms with Crippen LogP contribution in [0.5, 0.6) is 5.75 Å². The van der Waals surface area contributed by atoms with Gasteiger partial charge in [-0.3, -0.25) is 0 Å². The molecule has 0 amide bonds. The molecule has 1 N–H and O–H groups in total. The third kappa shape index (κ3) is 3.33. The van der Waals surface area contributed by atoms with Gasteiger partial charge in [-0.25, -0.2) is 0 Å². The minimum atomic E-state index is -0.435. The van der Waals surface area contributed by atoms with Gasteiger partial charge in [0.1, 0.15) is 5.75 Å². The van der Waals surface area contributed by atoms with Crippen LogP contribution in [0.15, 0.2) is 17.6 Å². The second-order valence-corrected chi connectivity index (χ2v) is 7.36. The highest BCUT2D eigenvalue weighted by Crippen LogP contribution is 2.39. The van der Waals surface area contributed by atoms with Crippen molar-refractivity contribution in [1.82, 2.24) is 0 Å². The molecule has 1 heterocycles. The van der Waals surface area contributed by atoms with Gasteiger partial charge in [-0.05, 0) is 63.4 Å². The van der Waals surface area contributed by atoms with E-state index in [0.717, 1.165) is 16.6 Å². The fraction of sp³-hybridized carbons (Fsp3) is 0.500. The number of aromatic hydroxyl groups is 1. The number of phenolic OH excluding ortho intramolecular Hbond substituents is 1. The van der Waals surface area contributed by atoms with Crippen molar-refractivity contribution < 1.29 is 14.4 Å². The average Bonchev–Trinajstić information content (AvgIpc) is 2.61. The van der Waals surface area contributed by atoms with Crippen molar-refractivity contribution >= 4 is 37.4 Å². The van der Waals surface area contributed by atoms with E-state index in [2.05, 4.69) is 12.6 Å². The maximum atomic E-state index is 9.75. The highest BCUT2D eigenvalue weighted by Gasteiger charge is 2.52. The normalized spacial score (nSPS) is 20.5. The summed E-state index contributed by atoms with van der Waals surface area (Å²) in [5.41, 5.74) is 1.76. The molecule has 1 aliphatic rings. The van der Waals surface area contributed by atoms with Crippen molar-refractivity contribution in [2.75, 3.05) is 5.75 Å². The lowest BCUT2D eigenvalue weighted by atomic mass is 9.78. The van der Waals surface area contributed by atoms with Gasteiger partial charge in [0.2, 0.25) is 0 Å². The Morgan fingerprint density at radius 3 is 2.27 bits per heavy atom. The molecule has 1 aromatic rings. The van der Waals surface area contributed by atoms with Crippen LogP contribution in [-0.4, -0.2) is 29.2 Å². The quantitative estimate of drug-likeness (QED) is 0.636. The summed E-state index contributed by atoms with van der Waals surface area (Å²) in [6, 6.07) is 3.59. The summed E-state index contributed by atoms with van der Waals surface area (Å²) in [5, 5.41) is 10.1. The molecule has 0 saturated carbocycles. The van der Waals surface area contributed by atoms with Gasteiger partial charge in [0, 0.05) is 5.75 Å². The largest absolute Gasteiger partial charge is 0.506 e. The molecule has 1 fully saturated rings. The highest BCUT2D eigenvalue weighted by atomic mass is 35.5. The topological polar surface area (TPSA) is 38.7 Å². The number of hydrogen-bond acceptors (Lipinski definition) is 4. The lowest BCUT2D eigenvalue weighted by Crippen LogP contribution is -2.41. The van der Waals surface area contributed by atoms with Crippen LogP contribution in [0, 0.1) is 6.92 Å². The molecule has 1 saturated heterocycles. The van der Waals surface area contributed by atoms with E-state index in [0.29, 0.717) is 10.8 Å². The molecule has 1 aliphatic heterocycles. The van der Waals surface area contributed by atoms with Crippen molar-refractivity contribution in [3.63, 3.8) is 0 Å². The standard InChI is InChI=1S/C16H22BClO3S/c1-10-6-11(8-13(18)14(10)19)7-12(9-22)17-20-15(2,3)16(4,5)21-17/h6-8,19,22H,9H2,1-5H3. The van der Waals surface area contributed by atoms with Crippen molar-refractivity contribution in [1.29, 1.82) is 0 Å². The number of hydrogen-bond donors (Lipinski definition) is 2. The third-order valence-corrected chi connectivity index (χ3v) is 5.02. The predicted molar refractivity (Wildman–Crippen MR) is 95.8 cm³/mol. The number of aryl methyl sites for hydroxylation is 1.